The molecular weight excluding hydrogens is 346 g/mol. The first kappa shape index (κ1) is 20.6. The van der Waals surface area contributed by atoms with Crippen LogP contribution in [0.2, 0.25) is 0 Å². The Morgan fingerprint density at radius 1 is 1.04 bits per heavy atom. The Kier molecular flexibility index (Phi) is 8.48. The molecule has 0 aliphatic heterocycles. The lowest BCUT2D eigenvalue weighted by Gasteiger charge is -2.12. The Bertz CT molecular complexity index is 715. The molecule has 0 radical (unpaired) electrons. The number of hydrogen-bond acceptors (Lipinski definition) is 5. The van der Waals surface area contributed by atoms with Gasteiger partial charge in [0.15, 0.2) is 6.10 Å². The van der Waals surface area contributed by atoms with Crippen molar-refractivity contribution in [1.82, 2.24) is 5.32 Å². The second-order valence-corrected chi connectivity index (χ2v) is 6.02. The van der Waals surface area contributed by atoms with Gasteiger partial charge >= 0.3 is 11.9 Å². The number of carboxylic acids is 1. The van der Waals surface area contributed by atoms with Gasteiger partial charge in [-0.1, -0.05) is 42.5 Å². The van der Waals surface area contributed by atoms with E-state index in [1.807, 2.05) is 30.3 Å². The molecule has 2 N–H and O–H groups in total. The van der Waals surface area contributed by atoms with E-state index in [-0.39, 0.29) is 18.9 Å². The largest absolute Gasteiger partial charge is 0.479 e. The van der Waals surface area contributed by atoms with Crippen LogP contribution in [-0.2, 0) is 27.2 Å². The molecule has 2 aromatic rings. The highest BCUT2D eigenvalue weighted by atomic mass is 16.5. The molecule has 0 fully saturated rings. The van der Waals surface area contributed by atoms with Crippen LogP contribution in [0.25, 0.3) is 0 Å². The van der Waals surface area contributed by atoms with Gasteiger partial charge in [-0.05, 0) is 43.1 Å². The van der Waals surface area contributed by atoms with Gasteiger partial charge in [0.2, 0.25) is 0 Å². The van der Waals surface area contributed by atoms with Gasteiger partial charge in [0.1, 0.15) is 5.75 Å². The van der Waals surface area contributed by atoms with Gasteiger partial charge in [-0.15, -0.1) is 0 Å². The van der Waals surface area contributed by atoms with E-state index in [4.69, 9.17) is 14.6 Å². The third-order valence-electron chi connectivity index (χ3n) is 3.92. The fourth-order valence-corrected chi connectivity index (χ4v) is 2.56. The Labute approximate surface area is 159 Å². The Hall–Kier alpha value is -2.70. The van der Waals surface area contributed by atoms with Gasteiger partial charge in [0.25, 0.3) is 0 Å². The van der Waals surface area contributed by atoms with Crippen LogP contribution in [0.15, 0.2) is 54.6 Å². The second kappa shape index (κ2) is 11.1. The minimum absolute atomic E-state index is 0.125. The fourth-order valence-electron chi connectivity index (χ4n) is 2.56. The highest BCUT2D eigenvalue weighted by Gasteiger charge is 2.17. The number of carbonyl (C=O) groups is 2. The quantitative estimate of drug-likeness (QED) is 0.359. The Balaban J connectivity index is 1.73. The Morgan fingerprint density at radius 2 is 1.74 bits per heavy atom. The van der Waals surface area contributed by atoms with Gasteiger partial charge in [0, 0.05) is 13.0 Å². The molecule has 0 aliphatic carbocycles. The van der Waals surface area contributed by atoms with Crippen molar-refractivity contribution in [1.29, 1.82) is 0 Å². The standard InChI is InChI=1S/C21H25NO5/c1-2-26-19(21(24)25)14-17-8-10-18(11-9-17)27-20(23)15-22-13-12-16-6-4-3-5-7-16/h3-11,19,22H,2,12-15H2,1H3,(H,24,25)/t19-/m0/s1. The first-order chi connectivity index (χ1) is 13.1. The van der Waals surface area contributed by atoms with Crippen LogP contribution < -0.4 is 10.1 Å². The van der Waals surface area contributed by atoms with E-state index in [0.717, 1.165) is 12.0 Å². The summed E-state index contributed by atoms with van der Waals surface area (Å²) < 4.78 is 10.5. The smallest absolute Gasteiger partial charge is 0.333 e. The van der Waals surface area contributed by atoms with Crippen LogP contribution in [-0.4, -0.2) is 42.8 Å². The predicted molar refractivity (Wildman–Crippen MR) is 102 cm³/mol. The van der Waals surface area contributed by atoms with E-state index >= 15 is 0 Å². The number of aliphatic carboxylic acids is 1. The van der Waals surface area contributed by atoms with Crippen LogP contribution in [0.1, 0.15) is 18.1 Å². The first-order valence-electron chi connectivity index (χ1n) is 8.97. The molecule has 1 atom stereocenters. The van der Waals surface area contributed by atoms with E-state index < -0.39 is 12.1 Å². The van der Waals surface area contributed by atoms with E-state index in [1.165, 1.54) is 5.56 Å². The topological polar surface area (TPSA) is 84.9 Å². The summed E-state index contributed by atoms with van der Waals surface area (Å²) in [7, 11) is 0. The molecule has 27 heavy (non-hydrogen) atoms. The van der Waals surface area contributed by atoms with Gasteiger partial charge in [-0.2, -0.15) is 0 Å². The molecule has 0 heterocycles. The number of esters is 1. The predicted octanol–water partition coefficient (Wildman–Crippen LogP) is 2.46. The molecule has 0 saturated carbocycles. The van der Waals surface area contributed by atoms with Crippen molar-refractivity contribution in [3.8, 4) is 5.75 Å². The zero-order chi connectivity index (χ0) is 19.5. The van der Waals surface area contributed by atoms with Gasteiger partial charge in [-0.25, -0.2) is 4.79 Å². The molecule has 0 aromatic heterocycles. The summed E-state index contributed by atoms with van der Waals surface area (Å²) in [5, 5.41) is 12.2. The van der Waals surface area contributed by atoms with E-state index in [2.05, 4.69) is 5.32 Å². The highest BCUT2D eigenvalue weighted by molar-refractivity contribution is 5.74. The lowest BCUT2D eigenvalue weighted by molar-refractivity contribution is -0.150. The van der Waals surface area contributed by atoms with Crippen molar-refractivity contribution in [3.05, 3.63) is 65.7 Å². The normalized spacial score (nSPS) is 11.7. The molecule has 2 rings (SSSR count). The van der Waals surface area contributed by atoms with Crippen molar-refractivity contribution in [2.75, 3.05) is 19.7 Å². The van der Waals surface area contributed by atoms with Gasteiger partial charge < -0.3 is 19.9 Å². The summed E-state index contributed by atoms with van der Waals surface area (Å²) in [5.41, 5.74) is 2.01. The van der Waals surface area contributed by atoms with Crippen molar-refractivity contribution in [2.24, 2.45) is 0 Å². The summed E-state index contributed by atoms with van der Waals surface area (Å²) >= 11 is 0. The molecule has 0 aliphatic rings. The monoisotopic (exact) mass is 371 g/mol. The van der Waals surface area contributed by atoms with Crippen molar-refractivity contribution in [3.63, 3.8) is 0 Å². The van der Waals surface area contributed by atoms with Crippen LogP contribution in [0.4, 0.5) is 0 Å². The molecule has 6 heteroatoms. The van der Waals surface area contributed by atoms with Gasteiger partial charge in [-0.3, -0.25) is 4.79 Å². The summed E-state index contributed by atoms with van der Waals surface area (Å²) in [6, 6.07) is 16.8. The SMILES string of the molecule is CCO[C@@H](Cc1ccc(OC(=O)CNCCc2ccccc2)cc1)C(=O)O. The number of carboxylic acid groups (broad SMARTS) is 1. The Morgan fingerprint density at radius 3 is 2.37 bits per heavy atom. The molecule has 0 bridgehead atoms. The van der Waals surface area contributed by atoms with Gasteiger partial charge in [0.05, 0.1) is 6.54 Å². The highest BCUT2D eigenvalue weighted by Crippen LogP contribution is 2.14. The summed E-state index contributed by atoms with van der Waals surface area (Å²) in [5.74, 6) is -0.931. The summed E-state index contributed by atoms with van der Waals surface area (Å²) in [6.07, 6.45) is 0.225. The third-order valence-corrected chi connectivity index (χ3v) is 3.92. The van der Waals surface area contributed by atoms with E-state index in [1.54, 1.807) is 31.2 Å². The lowest BCUT2D eigenvalue weighted by atomic mass is 10.1. The van der Waals surface area contributed by atoms with E-state index in [0.29, 0.717) is 18.9 Å². The third kappa shape index (κ3) is 7.60. The number of rotatable bonds is 11. The van der Waals surface area contributed by atoms with Crippen molar-refractivity contribution in [2.45, 2.75) is 25.9 Å². The van der Waals surface area contributed by atoms with Crippen molar-refractivity contribution < 1.29 is 24.2 Å². The molecule has 2 aromatic carbocycles. The maximum absolute atomic E-state index is 11.9. The second-order valence-electron chi connectivity index (χ2n) is 6.02. The molecular formula is C21H25NO5. The zero-order valence-corrected chi connectivity index (χ0v) is 15.4. The molecule has 0 spiro atoms. The van der Waals surface area contributed by atoms with Crippen LogP contribution in [0, 0.1) is 0 Å². The van der Waals surface area contributed by atoms with E-state index in [9.17, 15) is 9.59 Å². The maximum atomic E-state index is 11.9. The summed E-state index contributed by atoms with van der Waals surface area (Å²) in [4.78, 5) is 23.0. The molecule has 0 saturated heterocycles. The molecule has 0 unspecified atom stereocenters. The average molecular weight is 371 g/mol. The minimum Gasteiger partial charge on any atom is -0.479 e. The van der Waals surface area contributed by atoms with Crippen LogP contribution in [0.3, 0.4) is 0 Å². The number of benzene rings is 2. The zero-order valence-electron chi connectivity index (χ0n) is 15.4. The van der Waals surface area contributed by atoms with Crippen LogP contribution >= 0.6 is 0 Å². The number of carbonyl (C=O) groups excluding carboxylic acids is 1. The van der Waals surface area contributed by atoms with Crippen LogP contribution in [0.5, 0.6) is 5.75 Å². The molecule has 144 valence electrons. The minimum atomic E-state index is -0.992. The molecule has 0 amide bonds. The lowest BCUT2D eigenvalue weighted by Crippen LogP contribution is -2.28. The number of nitrogens with one attached hydrogen (secondary N) is 1. The number of hydrogen-bond donors (Lipinski definition) is 2. The summed E-state index contributed by atoms with van der Waals surface area (Å²) in [6.45, 7) is 2.91. The van der Waals surface area contributed by atoms with Crippen molar-refractivity contribution >= 4 is 11.9 Å². The molecule has 6 nitrogen and oxygen atoms in total. The number of ether oxygens (including phenoxy) is 2. The fraction of sp³-hybridized carbons (Fsp3) is 0.333. The first-order valence-corrected chi connectivity index (χ1v) is 8.97. The maximum Gasteiger partial charge on any atom is 0.333 e. The average Bonchev–Trinajstić information content (AvgIpc) is 2.67.